The van der Waals surface area contributed by atoms with Crippen LogP contribution in [0.3, 0.4) is 0 Å². The molecule has 2 N–H and O–H groups in total. The smallest absolute Gasteiger partial charge is 0.260 e. The Labute approximate surface area is 207 Å². The second-order valence-corrected chi connectivity index (χ2v) is 9.66. The van der Waals surface area contributed by atoms with Crippen molar-refractivity contribution in [2.75, 3.05) is 11.4 Å². The van der Waals surface area contributed by atoms with Gasteiger partial charge in [-0.05, 0) is 49.1 Å². The minimum Gasteiger partial charge on any atom is -0.356 e. The second-order valence-electron chi connectivity index (χ2n) is 9.66. The molecule has 0 radical (unpaired) electrons. The number of para-hydroxylation sites is 2. The highest BCUT2D eigenvalue weighted by atomic mass is 16.2. The van der Waals surface area contributed by atoms with Gasteiger partial charge in [0.25, 0.3) is 11.8 Å². The van der Waals surface area contributed by atoms with Crippen LogP contribution in [0, 0.1) is 0 Å². The lowest BCUT2D eigenvalue weighted by Gasteiger charge is -2.40. The van der Waals surface area contributed by atoms with Crippen molar-refractivity contribution >= 4 is 34.3 Å². The van der Waals surface area contributed by atoms with Crippen LogP contribution in [0.1, 0.15) is 62.6 Å². The molecule has 2 aliphatic heterocycles. The van der Waals surface area contributed by atoms with Gasteiger partial charge >= 0.3 is 0 Å². The Balaban J connectivity index is 1.22. The summed E-state index contributed by atoms with van der Waals surface area (Å²) in [7, 11) is 0. The van der Waals surface area contributed by atoms with Crippen LogP contribution in [-0.2, 0) is 11.2 Å². The molecule has 3 amide bonds. The summed E-state index contributed by atoms with van der Waals surface area (Å²) in [6.45, 7) is -0.137. The van der Waals surface area contributed by atoms with Crippen LogP contribution in [0.25, 0.3) is 10.9 Å². The predicted octanol–water partition coefficient (Wildman–Crippen LogP) is 4.48. The molecular formula is C29H24N4O3. The highest BCUT2D eigenvalue weighted by Crippen LogP contribution is 2.45. The number of H-pyrrole nitrogens is 1. The SMILES string of the molecule is O=C(CN1C(=O)c2ccccc2N2C(=O)c3ccccc3[C@H]12)N[C@@H]1CCCc2c1[nH]c1ccccc21. The second kappa shape index (κ2) is 7.81. The van der Waals surface area contributed by atoms with Crippen LogP contribution in [0.2, 0.25) is 0 Å². The van der Waals surface area contributed by atoms with Gasteiger partial charge in [-0.25, -0.2) is 0 Å². The molecule has 0 fully saturated rings. The summed E-state index contributed by atoms with van der Waals surface area (Å²) in [6.07, 6.45) is 2.15. The summed E-state index contributed by atoms with van der Waals surface area (Å²) in [6, 6.07) is 22.5. The van der Waals surface area contributed by atoms with Crippen molar-refractivity contribution in [1.29, 1.82) is 0 Å². The van der Waals surface area contributed by atoms with Crippen molar-refractivity contribution in [3.63, 3.8) is 0 Å². The molecule has 2 atom stereocenters. The lowest BCUT2D eigenvalue weighted by molar-refractivity contribution is -0.123. The predicted molar refractivity (Wildman–Crippen MR) is 136 cm³/mol. The van der Waals surface area contributed by atoms with Crippen molar-refractivity contribution < 1.29 is 14.4 Å². The molecule has 0 saturated carbocycles. The van der Waals surface area contributed by atoms with E-state index in [1.807, 2.05) is 36.4 Å². The van der Waals surface area contributed by atoms with Crippen molar-refractivity contribution in [1.82, 2.24) is 15.2 Å². The van der Waals surface area contributed by atoms with Gasteiger partial charge in [0.2, 0.25) is 5.91 Å². The number of aryl methyl sites for hydroxylation is 1. The molecule has 7 rings (SSSR count). The summed E-state index contributed by atoms with van der Waals surface area (Å²) >= 11 is 0. The Kier molecular flexibility index (Phi) is 4.54. The molecular weight excluding hydrogens is 452 g/mol. The number of nitrogens with one attached hydrogen (secondary N) is 2. The highest BCUT2D eigenvalue weighted by Gasteiger charge is 2.48. The first-order valence-corrected chi connectivity index (χ1v) is 12.3. The monoisotopic (exact) mass is 476 g/mol. The molecule has 3 aliphatic rings. The zero-order chi connectivity index (χ0) is 24.4. The standard InChI is InChI=1S/C29H24N4O3/c34-25(30-23-14-7-12-18-17-8-3-5-13-22(17)31-26(18)23)16-32-27-19-9-1-2-10-20(19)29(36)33(27)24-15-6-4-11-21(24)28(32)35/h1-6,8-11,13,15,23,27,31H,7,12,14,16H2,(H,30,34)/t23-,27-/m1/s1. The lowest BCUT2D eigenvalue weighted by atomic mass is 9.91. The summed E-state index contributed by atoms with van der Waals surface area (Å²) in [5, 5.41) is 4.38. The average molecular weight is 477 g/mol. The molecule has 7 nitrogen and oxygen atoms in total. The topological polar surface area (TPSA) is 85.5 Å². The third kappa shape index (κ3) is 2.95. The Morgan fingerprint density at radius 3 is 2.56 bits per heavy atom. The number of aromatic amines is 1. The number of benzene rings is 3. The average Bonchev–Trinajstić information content (AvgIpc) is 3.43. The van der Waals surface area contributed by atoms with Crippen LogP contribution in [-0.4, -0.2) is 34.2 Å². The first-order chi connectivity index (χ1) is 17.6. The summed E-state index contributed by atoms with van der Waals surface area (Å²) in [5.74, 6) is -0.645. The molecule has 0 bridgehead atoms. The number of amides is 3. The van der Waals surface area contributed by atoms with Crippen molar-refractivity contribution in [2.45, 2.75) is 31.5 Å². The molecule has 3 heterocycles. The molecule has 0 spiro atoms. The maximum atomic E-state index is 13.6. The van der Waals surface area contributed by atoms with Crippen LogP contribution in [0.4, 0.5) is 5.69 Å². The van der Waals surface area contributed by atoms with E-state index in [2.05, 4.69) is 22.4 Å². The Morgan fingerprint density at radius 2 is 1.67 bits per heavy atom. The van der Waals surface area contributed by atoms with E-state index in [4.69, 9.17) is 0 Å². The first kappa shape index (κ1) is 20.9. The minimum atomic E-state index is -0.642. The molecule has 0 unspecified atom stereocenters. The number of carbonyl (C=O) groups excluding carboxylic acids is 3. The molecule has 7 heteroatoms. The third-order valence-electron chi connectivity index (χ3n) is 7.65. The van der Waals surface area contributed by atoms with E-state index in [0.717, 1.165) is 36.0 Å². The third-order valence-corrected chi connectivity index (χ3v) is 7.65. The molecule has 3 aromatic carbocycles. The van der Waals surface area contributed by atoms with Crippen LogP contribution in [0.15, 0.2) is 72.8 Å². The molecule has 178 valence electrons. The fourth-order valence-corrected chi connectivity index (χ4v) is 6.09. The van der Waals surface area contributed by atoms with E-state index >= 15 is 0 Å². The maximum Gasteiger partial charge on any atom is 0.260 e. The molecule has 1 aromatic heterocycles. The normalized spacial score (nSPS) is 20.1. The van der Waals surface area contributed by atoms with Crippen molar-refractivity contribution in [3.05, 3.63) is 101 Å². The number of hydrogen-bond donors (Lipinski definition) is 2. The van der Waals surface area contributed by atoms with E-state index in [1.54, 1.807) is 29.2 Å². The van der Waals surface area contributed by atoms with E-state index < -0.39 is 6.17 Å². The highest BCUT2D eigenvalue weighted by molar-refractivity contribution is 6.17. The first-order valence-electron chi connectivity index (χ1n) is 12.3. The Morgan fingerprint density at radius 1 is 0.917 bits per heavy atom. The van der Waals surface area contributed by atoms with Crippen LogP contribution < -0.4 is 10.2 Å². The Bertz CT molecular complexity index is 1570. The fraction of sp³-hybridized carbons (Fsp3) is 0.207. The van der Waals surface area contributed by atoms with Gasteiger partial charge in [0, 0.05) is 27.7 Å². The van der Waals surface area contributed by atoms with E-state index in [9.17, 15) is 14.4 Å². The van der Waals surface area contributed by atoms with Gasteiger partial charge in [-0.1, -0.05) is 48.5 Å². The summed E-state index contributed by atoms with van der Waals surface area (Å²) < 4.78 is 0. The van der Waals surface area contributed by atoms with E-state index in [0.29, 0.717) is 16.8 Å². The maximum absolute atomic E-state index is 13.6. The van der Waals surface area contributed by atoms with E-state index in [1.165, 1.54) is 15.8 Å². The zero-order valence-electron chi connectivity index (χ0n) is 19.5. The van der Waals surface area contributed by atoms with Crippen molar-refractivity contribution in [2.24, 2.45) is 0 Å². The zero-order valence-corrected chi connectivity index (χ0v) is 19.5. The van der Waals surface area contributed by atoms with Crippen molar-refractivity contribution in [3.8, 4) is 0 Å². The van der Waals surface area contributed by atoms with E-state index in [-0.39, 0.29) is 30.3 Å². The number of aromatic nitrogens is 1. The Hall–Kier alpha value is -4.39. The number of hydrogen-bond acceptors (Lipinski definition) is 3. The van der Waals surface area contributed by atoms with Gasteiger partial charge in [0.1, 0.15) is 12.7 Å². The number of carbonyl (C=O) groups is 3. The summed E-state index contributed by atoms with van der Waals surface area (Å²) in [5.41, 5.74) is 5.70. The molecule has 0 saturated heterocycles. The van der Waals surface area contributed by atoms with Crippen LogP contribution >= 0.6 is 0 Å². The molecule has 1 aliphatic carbocycles. The molecule has 4 aromatic rings. The molecule has 36 heavy (non-hydrogen) atoms. The minimum absolute atomic E-state index is 0.137. The quantitative estimate of drug-likeness (QED) is 0.457. The van der Waals surface area contributed by atoms with Gasteiger partial charge in [0.05, 0.1) is 17.3 Å². The van der Waals surface area contributed by atoms with Gasteiger partial charge in [-0.3, -0.25) is 19.3 Å². The number of fused-ring (bicyclic) bond motifs is 8. The number of nitrogens with zero attached hydrogens (tertiary/aromatic N) is 2. The largest absolute Gasteiger partial charge is 0.356 e. The van der Waals surface area contributed by atoms with Gasteiger partial charge < -0.3 is 15.2 Å². The van der Waals surface area contributed by atoms with Gasteiger partial charge in [-0.15, -0.1) is 0 Å². The number of rotatable bonds is 3. The number of anilines is 1. The van der Waals surface area contributed by atoms with Gasteiger partial charge in [-0.2, -0.15) is 0 Å². The summed E-state index contributed by atoms with van der Waals surface area (Å²) in [4.78, 5) is 47.1. The lowest BCUT2D eigenvalue weighted by Crippen LogP contribution is -2.51. The fourth-order valence-electron chi connectivity index (χ4n) is 6.09. The van der Waals surface area contributed by atoms with Crippen LogP contribution in [0.5, 0.6) is 0 Å². The van der Waals surface area contributed by atoms with Gasteiger partial charge in [0.15, 0.2) is 0 Å².